The Morgan fingerprint density at radius 1 is 1.00 bits per heavy atom. The number of hydrogen-bond donors (Lipinski definition) is 0. The molecule has 19 heavy (non-hydrogen) atoms. The zero-order valence-corrected chi connectivity index (χ0v) is 10.7. The van der Waals surface area contributed by atoms with E-state index in [0.717, 1.165) is 12.1 Å². The first kappa shape index (κ1) is 12.4. The van der Waals surface area contributed by atoms with Crippen LogP contribution in [0.1, 0.15) is 0 Å². The van der Waals surface area contributed by atoms with Gasteiger partial charge < -0.3 is 0 Å². The molecule has 0 N–H and O–H groups in total. The summed E-state index contributed by atoms with van der Waals surface area (Å²) in [6.45, 7) is 0. The van der Waals surface area contributed by atoms with Crippen molar-refractivity contribution in [2.75, 3.05) is 0 Å². The summed E-state index contributed by atoms with van der Waals surface area (Å²) < 4.78 is 40.6. The summed E-state index contributed by atoms with van der Waals surface area (Å²) in [6, 6.07) is 3.67. The van der Waals surface area contributed by atoms with Gasteiger partial charge in [-0.3, -0.25) is 0 Å². The molecular formula is C12H4ClF3N2S. The summed E-state index contributed by atoms with van der Waals surface area (Å²) in [5.41, 5.74) is 0.543. The van der Waals surface area contributed by atoms with Gasteiger partial charge in [-0.05, 0) is 35.2 Å². The molecule has 0 bridgehead atoms. The molecule has 0 unspecified atom stereocenters. The monoisotopic (exact) mass is 300 g/mol. The van der Waals surface area contributed by atoms with E-state index in [2.05, 4.69) is 9.97 Å². The molecule has 0 radical (unpaired) electrons. The SMILES string of the molecule is Fc1ccc(-c2nc(Cl)nc3ccsc23)c(F)c1F. The Labute approximate surface area is 114 Å². The van der Waals surface area contributed by atoms with Crippen molar-refractivity contribution in [3.8, 4) is 11.3 Å². The predicted octanol–water partition coefficient (Wildman–Crippen LogP) is 4.43. The molecule has 7 heteroatoms. The molecule has 2 heterocycles. The smallest absolute Gasteiger partial charge is 0.217 e. The number of fused-ring (bicyclic) bond motifs is 1. The maximum atomic E-state index is 13.8. The Hall–Kier alpha value is -1.66. The standard InChI is InChI=1S/C12H4ClF3N2S/c13-12-17-7-3-4-19-11(7)10(18-12)5-1-2-6(14)9(16)8(5)15/h1-4H. The Balaban J connectivity index is 2.36. The minimum absolute atomic E-state index is 0.0787. The summed E-state index contributed by atoms with van der Waals surface area (Å²) in [6.07, 6.45) is 0. The minimum atomic E-state index is -1.53. The van der Waals surface area contributed by atoms with Crippen LogP contribution in [0, 0.1) is 17.5 Å². The third-order valence-electron chi connectivity index (χ3n) is 2.57. The second-order valence-corrected chi connectivity index (χ2v) is 4.95. The molecule has 0 aliphatic heterocycles. The summed E-state index contributed by atoms with van der Waals surface area (Å²) >= 11 is 7.02. The molecule has 2 nitrogen and oxygen atoms in total. The highest BCUT2D eigenvalue weighted by Gasteiger charge is 2.19. The third-order valence-corrected chi connectivity index (χ3v) is 3.65. The lowest BCUT2D eigenvalue weighted by Gasteiger charge is -2.05. The van der Waals surface area contributed by atoms with Gasteiger partial charge in [0.25, 0.3) is 0 Å². The van der Waals surface area contributed by atoms with E-state index in [1.54, 1.807) is 11.4 Å². The number of halogens is 4. The van der Waals surface area contributed by atoms with Gasteiger partial charge in [0.2, 0.25) is 5.28 Å². The average molecular weight is 301 g/mol. The van der Waals surface area contributed by atoms with E-state index in [4.69, 9.17) is 11.6 Å². The molecule has 2 aromatic heterocycles. The van der Waals surface area contributed by atoms with E-state index in [1.165, 1.54) is 11.3 Å². The van der Waals surface area contributed by atoms with E-state index in [0.29, 0.717) is 10.2 Å². The number of rotatable bonds is 1. The Morgan fingerprint density at radius 3 is 2.58 bits per heavy atom. The topological polar surface area (TPSA) is 25.8 Å². The van der Waals surface area contributed by atoms with Gasteiger partial charge >= 0.3 is 0 Å². The van der Waals surface area contributed by atoms with Crippen LogP contribution in [0.4, 0.5) is 13.2 Å². The second-order valence-electron chi connectivity index (χ2n) is 3.70. The molecule has 3 aromatic rings. The van der Waals surface area contributed by atoms with Crippen LogP contribution in [-0.2, 0) is 0 Å². The van der Waals surface area contributed by atoms with Gasteiger partial charge in [0, 0.05) is 5.56 Å². The van der Waals surface area contributed by atoms with Crippen LogP contribution in [-0.4, -0.2) is 9.97 Å². The van der Waals surface area contributed by atoms with E-state index in [1.807, 2.05) is 0 Å². The number of aromatic nitrogens is 2. The summed E-state index contributed by atoms with van der Waals surface area (Å²) in [5.74, 6) is -4.06. The van der Waals surface area contributed by atoms with Crippen LogP contribution in [0.15, 0.2) is 23.6 Å². The minimum Gasteiger partial charge on any atom is -0.217 e. The highest BCUT2D eigenvalue weighted by atomic mass is 35.5. The Morgan fingerprint density at radius 2 is 1.79 bits per heavy atom. The number of nitrogens with zero attached hydrogens (tertiary/aromatic N) is 2. The molecule has 0 saturated carbocycles. The van der Waals surface area contributed by atoms with Crippen molar-refractivity contribution >= 4 is 33.2 Å². The highest BCUT2D eigenvalue weighted by Crippen LogP contribution is 2.33. The zero-order valence-electron chi connectivity index (χ0n) is 9.12. The van der Waals surface area contributed by atoms with Crippen molar-refractivity contribution in [1.29, 1.82) is 0 Å². The van der Waals surface area contributed by atoms with Gasteiger partial charge in [-0.15, -0.1) is 11.3 Å². The van der Waals surface area contributed by atoms with Crippen LogP contribution in [0.5, 0.6) is 0 Å². The molecule has 0 aliphatic rings. The van der Waals surface area contributed by atoms with E-state index >= 15 is 0 Å². The lowest BCUT2D eigenvalue weighted by molar-refractivity contribution is 0.449. The first-order chi connectivity index (χ1) is 9.08. The van der Waals surface area contributed by atoms with Crippen LogP contribution in [0.2, 0.25) is 5.28 Å². The highest BCUT2D eigenvalue weighted by molar-refractivity contribution is 7.17. The molecule has 0 atom stereocenters. The third kappa shape index (κ3) is 1.97. The number of benzene rings is 1. The molecule has 3 rings (SSSR count). The molecule has 0 amide bonds. The predicted molar refractivity (Wildman–Crippen MR) is 67.7 cm³/mol. The fraction of sp³-hybridized carbons (Fsp3) is 0. The molecule has 1 aromatic carbocycles. The van der Waals surface area contributed by atoms with E-state index in [9.17, 15) is 13.2 Å². The first-order valence-corrected chi connectivity index (χ1v) is 6.38. The average Bonchev–Trinajstić information content (AvgIpc) is 2.83. The van der Waals surface area contributed by atoms with Crippen LogP contribution >= 0.6 is 22.9 Å². The van der Waals surface area contributed by atoms with Gasteiger partial charge in [-0.25, -0.2) is 23.1 Å². The van der Waals surface area contributed by atoms with Gasteiger partial charge in [-0.1, -0.05) is 0 Å². The molecule has 96 valence electrons. The Kier molecular flexibility index (Phi) is 2.91. The number of hydrogen-bond acceptors (Lipinski definition) is 3. The van der Waals surface area contributed by atoms with Crippen molar-refractivity contribution < 1.29 is 13.2 Å². The van der Waals surface area contributed by atoms with Crippen LogP contribution < -0.4 is 0 Å². The summed E-state index contributed by atoms with van der Waals surface area (Å²) in [7, 11) is 0. The van der Waals surface area contributed by atoms with Crippen LogP contribution in [0.25, 0.3) is 21.5 Å². The molecule has 0 fully saturated rings. The Bertz CT molecular complexity index is 788. The van der Waals surface area contributed by atoms with Crippen molar-refractivity contribution in [1.82, 2.24) is 9.97 Å². The normalized spacial score (nSPS) is 11.2. The van der Waals surface area contributed by atoms with Crippen molar-refractivity contribution in [3.63, 3.8) is 0 Å². The second kappa shape index (κ2) is 4.47. The molecule has 0 aliphatic carbocycles. The first-order valence-electron chi connectivity index (χ1n) is 5.12. The number of thiophene rings is 1. The maximum Gasteiger partial charge on any atom is 0.223 e. The van der Waals surface area contributed by atoms with Gasteiger partial charge in [0.1, 0.15) is 0 Å². The fourth-order valence-electron chi connectivity index (χ4n) is 1.73. The van der Waals surface area contributed by atoms with Gasteiger partial charge in [0.15, 0.2) is 17.5 Å². The zero-order chi connectivity index (χ0) is 13.6. The quantitative estimate of drug-likeness (QED) is 0.491. The van der Waals surface area contributed by atoms with Crippen molar-refractivity contribution in [2.45, 2.75) is 0 Å². The summed E-state index contributed by atoms with van der Waals surface area (Å²) in [5, 5.41) is 1.65. The van der Waals surface area contributed by atoms with Crippen LogP contribution in [0.3, 0.4) is 0 Å². The van der Waals surface area contributed by atoms with Gasteiger partial charge in [-0.2, -0.15) is 0 Å². The molecule has 0 saturated heterocycles. The largest absolute Gasteiger partial charge is 0.223 e. The maximum absolute atomic E-state index is 13.8. The summed E-state index contributed by atoms with van der Waals surface area (Å²) in [4.78, 5) is 7.88. The van der Waals surface area contributed by atoms with Crippen molar-refractivity contribution in [3.05, 3.63) is 46.3 Å². The van der Waals surface area contributed by atoms with E-state index < -0.39 is 17.5 Å². The lowest BCUT2D eigenvalue weighted by Crippen LogP contribution is -1.96. The lowest BCUT2D eigenvalue weighted by atomic mass is 10.1. The molecular weight excluding hydrogens is 297 g/mol. The van der Waals surface area contributed by atoms with Crippen molar-refractivity contribution in [2.24, 2.45) is 0 Å². The van der Waals surface area contributed by atoms with E-state index in [-0.39, 0.29) is 16.5 Å². The molecule has 0 spiro atoms. The fourth-order valence-corrected chi connectivity index (χ4v) is 2.74. The van der Waals surface area contributed by atoms with Gasteiger partial charge in [0.05, 0.1) is 15.9 Å².